The maximum Gasteiger partial charge on any atom is 0.182 e. The van der Waals surface area contributed by atoms with Crippen LogP contribution in [0, 0.1) is 0 Å². The van der Waals surface area contributed by atoms with Gasteiger partial charge in [-0.3, -0.25) is 0 Å². The van der Waals surface area contributed by atoms with Crippen molar-refractivity contribution in [1.29, 1.82) is 0 Å². The fourth-order valence-electron chi connectivity index (χ4n) is 2.47. The summed E-state index contributed by atoms with van der Waals surface area (Å²) < 4.78 is 3.62. The monoisotopic (exact) mass is 455 g/mol. The highest BCUT2D eigenvalue weighted by atomic mass is 79.9. The first-order chi connectivity index (χ1) is 11.1. The molecule has 4 rings (SSSR count). The number of aromatic amines is 1. The van der Waals surface area contributed by atoms with E-state index in [1.807, 2.05) is 11.6 Å². The number of aromatic nitrogens is 6. The van der Waals surface area contributed by atoms with E-state index in [4.69, 9.17) is 0 Å². The number of anilines is 1. The molecule has 0 spiro atoms. The van der Waals surface area contributed by atoms with Crippen molar-refractivity contribution in [1.82, 2.24) is 29.5 Å². The first kappa shape index (κ1) is 15.2. The first-order valence-electron chi connectivity index (χ1n) is 6.78. The first-order valence-corrected chi connectivity index (χ1v) is 9.35. The zero-order chi connectivity index (χ0) is 16.0. The lowest BCUT2D eigenvalue weighted by Gasteiger charge is -2.25. The van der Waals surface area contributed by atoms with Crippen molar-refractivity contribution in [2.75, 3.05) is 17.2 Å². The third-order valence-corrected chi connectivity index (χ3v) is 5.83. The number of thioether (sulfide) groups is 1. The molecule has 0 fully saturated rings. The van der Waals surface area contributed by atoms with Gasteiger partial charge in [0.25, 0.3) is 0 Å². The van der Waals surface area contributed by atoms with E-state index in [1.165, 1.54) is 0 Å². The number of hydrogen-bond donors (Lipinski definition) is 1. The van der Waals surface area contributed by atoms with E-state index >= 15 is 0 Å². The molecule has 0 aromatic carbocycles. The quantitative estimate of drug-likeness (QED) is 0.638. The normalized spacial score (nSPS) is 15.3. The lowest BCUT2D eigenvalue weighted by molar-refractivity contribution is 0.867. The van der Waals surface area contributed by atoms with Gasteiger partial charge in [-0.25, -0.2) is 19.9 Å². The van der Waals surface area contributed by atoms with E-state index < -0.39 is 0 Å². The van der Waals surface area contributed by atoms with Crippen molar-refractivity contribution in [3.63, 3.8) is 0 Å². The molecule has 0 saturated carbocycles. The number of nitrogens with zero attached hydrogens (tertiary/aromatic N) is 6. The van der Waals surface area contributed by atoms with E-state index in [2.05, 4.69) is 67.9 Å². The summed E-state index contributed by atoms with van der Waals surface area (Å²) in [5.74, 6) is 1.79. The highest BCUT2D eigenvalue weighted by Crippen LogP contribution is 2.38. The van der Waals surface area contributed by atoms with Gasteiger partial charge < -0.3 is 14.5 Å². The topological polar surface area (TPSA) is 75.5 Å². The Bertz CT molecular complexity index is 916. The van der Waals surface area contributed by atoms with Gasteiger partial charge in [0.1, 0.15) is 16.4 Å². The Morgan fingerprint density at radius 1 is 1.26 bits per heavy atom. The molecule has 118 valence electrons. The fraction of sp³-hybridized carbons (Fsp3) is 0.231. The number of nitrogens with one attached hydrogen (secondary N) is 1. The van der Waals surface area contributed by atoms with E-state index in [-0.39, 0.29) is 0 Å². The largest absolute Gasteiger partial charge is 0.340 e. The maximum absolute atomic E-state index is 4.43. The third-order valence-electron chi connectivity index (χ3n) is 3.57. The van der Waals surface area contributed by atoms with E-state index in [0.29, 0.717) is 5.65 Å². The fourth-order valence-corrected chi connectivity index (χ4v) is 4.92. The minimum absolute atomic E-state index is 0.674. The number of fused-ring (bicyclic) bond motifs is 1. The number of halogens is 2. The minimum Gasteiger partial charge on any atom is -0.340 e. The molecule has 10 heteroatoms. The van der Waals surface area contributed by atoms with Crippen molar-refractivity contribution in [2.24, 2.45) is 7.05 Å². The molecule has 1 aliphatic heterocycles. The van der Waals surface area contributed by atoms with Gasteiger partial charge in [-0.1, -0.05) is 0 Å². The SMILES string of the molecule is Cn1c(Br)nc(Br)c1C1=CN(c2ncnc3nc[nH]c23)CCS1. The van der Waals surface area contributed by atoms with E-state index in [1.54, 1.807) is 24.4 Å². The van der Waals surface area contributed by atoms with Crippen molar-refractivity contribution in [3.05, 3.63) is 33.9 Å². The van der Waals surface area contributed by atoms with Crippen LogP contribution in [0.25, 0.3) is 16.1 Å². The Morgan fingerprint density at radius 2 is 2.13 bits per heavy atom. The van der Waals surface area contributed by atoms with Crippen LogP contribution in [0.2, 0.25) is 0 Å². The highest BCUT2D eigenvalue weighted by Gasteiger charge is 2.22. The van der Waals surface area contributed by atoms with Crippen molar-refractivity contribution >= 4 is 65.5 Å². The molecule has 0 aliphatic carbocycles. The summed E-state index contributed by atoms with van der Waals surface area (Å²) in [5, 5.41) is 0. The van der Waals surface area contributed by atoms with Crippen LogP contribution in [0.4, 0.5) is 5.82 Å². The zero-order valence-corrected chi connectivity index (χ0v) is 16.0. The van der Waals surface area contributed by atoms with Crippen LogP contribution in [0.3, 0.4) is 0 Å². The van der Waals surface area contributed by atoms with Crippen LogP contribution >= 0.6 is 43.6 Å². The highest BCUT2D eigenvalue weighted by molar-refractivity contribution is 9.11. The molecule has 0 amide bonds. The predicted octanol–water partition coefficient (Wildman–Crippen LogP) is 3.16. The second kappa shape index (κ2) is 5.91. The molecule has 0 saturated heterocycles. The smallest absolute Gasteiger partial charge is 0.182 e. The van der Waals surface area contributed by atoms with Crippen LogP contribution in [0.15, 0.2) is 28.2 Å². The van der Waals surface area contributed by atoms with Crippen LogP contribution in [0.1, 0.15) is 5.69 Å². The number of rotatable bonds is 2. The summed E-state index contributed by atoms with van der Waals surface area (Å²) >= 11 is 8.80. The van der Waals surface area contributed by atoms with Gasteiger partial charge in [0.15, 0.2) is 16.2 Å². The number of imidazole rings is 2. The molecule has 0 unspecified atom stereocenters. The minimum atomic E-state index is 0.674. The lowest BCUT2D eigenvalue weighted by Crippen LogP contribution is -2.24. The Morgan fingerprint density at radius 3 is 2.91 bits per heavy atom. The van der Waals surface area contributed by atoms with E-state index in [9.17, 15) is 0 Å². The summed E-state index contributed by atoms with van der Waals surface area (Å²) in [6.07, 6.45) is 5.29. The van der Waals surface area contributed by atoms with Crippen LogP contribution in [-0.2, 0) is 7.05 Å². The van der Waals surface area contributed by atoms with Gasteiger partial charge in [0.2, 0.25) is 0 Å². The molecule has 1 N–H and O–H groups in total. The molecule has 3 aromatic heterocycles. The summed E-state index contributed by atoms with van der Waals surface area (Å²) in [6.45, 7) is 0.871. The Kier molecular flexibility index (Phi) is 3.90. The molecule has 0 atom stereocenters. The molecule has 0 radical (unpaired) electrons. The standard InChI is InChI=1S/C13H11Br2N7S/c1-21-9(10(14)20-13(21)15)7-4-22(2-3-23-7)12-8-11(17-5-16-8)18-6-19-12/h4-6H,2-3H2,1H3,(H,16,17,18,19). The summed E-state index contributed by atoms with van der Waals surface area (Å²) in [7, 11) is 1.98. The second-order valence-electron chi connectivity index (χ2n) is 4.91. The average Bonchev–Trinajstić information content (AvgIpc) is 3.12. The molecule has 3 aromatic rings. The number of H-pyrrole nitrogens is 1. The molecular formula is C13H11Br2N7S. The average molecular weight is 457 g/mol. The van der Waals surface area contributed by atoms with Crippen LogP contribution in [-0.4, -0.2) is 41.8 Å². The summed E-state index contributed by atoms with van der Waals surface area (Å²) in [5.41, 5.74) is 2.56. The van der Waals surface area contributed by atoms with Gasteiger partial charge >= 0.3 is 0 Å². The molecule has 7 nitrogen and oxygen atoms in total. The van der Waals surface area contributed by atoms with Gasteiger partial charge in [-0.2, -0.15) is 0 Å². The van der Waals surface area contributed by atoms with E-state index in [0.717, 1.165) is 43.6 Å². The third kappa shape index (κ3) is 2.58. The lowest BCUT2D eigenvalue weighted by atomic mass is 10.4. The van der Waals surface area contributed by atoms with Crippen molar-refractivity contribution < 1.29 is 0 Å². The Balaban J connectivity index is 1.80. The maximum atomic E-state index is 4.43. The molecular weight excluding hydrogens is 446 g/mol. The van der Waals surface area contributed by atoms with Gasteiger partial charge in [-0.05, 0) is 31.9 Å². The zero-order valence-electron chi connectivity index (χ0n) is 12.0. The van der Waals surface area contributed by atoms with Crippen molar-refractivity contribution in [2.45, 2.75) is 0 Å². The molecule has 4 heterocycles. The Labute approximate surface area is 152 Å². The Hall–Kier alpha value is -1.39. The van der Waals surface area contributed by atoms with Crippen LogP contribution < -0.4 is 4.90 Å². The molecule has 1 aliphatic rings. The van der Waals surface area contributed by atoms with Gasteiger partial charge in [-0.15, -0.1) is 11.8 Å². The number of hydrogen-bond acceptors (Lipinski definition) is 6. The van der Waals surface area contributed by atoms with Gasteiger partial charge in [0.05, 0.1) is 16.9 Å². The predicted molar refractivity (Wildman–Crippen MR) is 98.1 cm³/mol. The summed E-state index contributed by atoms with van der Waals surface area (Å²) in [4.78, 5) is 23.6. The molecule has 0 bridgehead atoms. The van der Waals surface area contributed by atoms with Crippen LogP contribution in [0.5, 0.6) is 0 Å². The molecule has 23 heavy (non-hydrogen) atoms. The second-order valence-corrected chi connectivity index (χ2v) is 7.51. The summed E-state index contributed by atoms with van der Waals surface area (Å²) in [6, 6.07) is 0. The van der Waals surface area contributed by atoms with Gasteiger partial charge in [0, 0.05) is 25.5 Å². The van der Waals surface area contributed by atoms with Crippen molar-refractivity contribution in [3.8, 4) is 0 Å².